The van der Waals surface area contributed by atoms with Crippen molar-refractivity contribution in [1.29, 1.82) is 0 Å². The van der Waals surface area contributed by atoms with Crippen LogP contribution in [-0.2, 0) is 13.5 Å². The molecular weight excluding hydrogens is 229 g/mol. The summed E-state index contributed by atoms with van der Waals surface area (Å²) in [5.41, 5.74) is 10.1. The summed E-state index contributed by atoms with van der Waals surface area (Å²) in [6.45, 7) is 3.89. The number of hydrogen-bond donors (Lipinski definition) is 1. The molecule has 4 heteroatoms. The smallest absolute Gasteiger partial charge is 0.123 e. The molecule has 1 aromatic heterocycles. The molecule has 0 saturated carbocycles. The second-order valence-corrected chi connectivity index (χ2v) is 4.71. The van der Waals surface area contributed by atoms with Gasteiger partial charge in [-0.2, -0.15) is 5.10 Å². The Morgan fingerprint density at radius 2 is 2.06 bits per heavy atom. The number of nitrogens with zero attached hydrogens (tertiary/aromatic N) is 2. The van der Waals surface area contributed by atoms with Gasteiger partial charge in [-0.25, -0.2) is 4.39 Å². The maximum absolute atomic E-state index is 13.3. The number of rotatable bonds is 3. The molecule has 18 heavy (non-hydrogen) atoms. The maximum Gasteiger partial charge on any atom is 0.123 e. The van der Waals surface area contributed by atoms with E-state index in [9.17, 15) is 4.39 Å². The minimum absolute atomic E-state index is 0.213. The van der Waals surface area contributed by atoms with Crippen LogP contribution in [0.2, 0.25) is 0 Å². The van der Waals surface area contributed by atoms with Crippen LogP contribution in [0.1, 0.15) is 28.6 Å². The van der Waals surface area contributed by atoms with E-state index in [1.165, 1.54) is 12.1 Å². The first-order chi connectivity index (χ1) is 8.47. The number of hydrogen-bond acceptors (Lipinski definition) is 2. The van der Waals surface area contributed by atoms with E-state index in [4.69, 9.17) is 5.73 Å². The molecule has 0 bridgehead atoms. The molecule has 0 aliphatic rings. The van der Waals surface area contributed by atoms with Crippen molar-refractivity contribution in [3.05, 3.63) is 52.6 Å². The van der Waals surface area contributed by atoms with Crippen molar-refractivity contribution in [1.82, 2.24) is 9.78 Å². The van der Waals surface area contributed by atoms with Crippen LogP contribution in [0.25, 0.3) is 0 Å². The fourth-order valence-corrected chi connectivity index (χ4v) is 2.20. The van der Waals surface area contributed by atoms with Crippen molar-refractivity contribution < 1.29 is 4.39 Å². The zero-order valence-corrected chi connectivity index (χ0v) is 10.9. The lowest BCUT2D eigenvalue weighted by molar-refractivity contribution is 0.608. The Labute approximate surface area is 106 Å². The first-order valence-electron chi connectivity index (χ1n) is 5.98. The average molecular weight is 247 g/mol. The van der Waals surface area contributed by atoms with Crippen molar-refractivity contribution in [3.63, 3.8) is 0 Å². The quantitative estimate of drug-likeness (QED) is 0.905. The molecule has 0 spiro atoms. The number of halogens is 1. The van der Waals surface area contributed by atoms with E-state index in [2.05, 4.69) is 5.10 Å². The highest BCUT2D eigenvalue weighted by Gasteiger charge is 2.13. The summed E-state index contributed by atoms with van der Waals surface area (Å²) >= 11 is 0. The summed E-state index contributed by atoms with van der Waals surface area (Å²) in [6, 6.07) is 6.53. The summed E-state index contributed by atoms with van der Waals surface area (Å²) < 4.78 is 15.1. The fourth-order valence-electron chi connectivity index (χ4n) is 2.20. The van der Waals surface area contributed by atoms with Gasteiger partial charge in [0.15, 0.2) is 0 Å². The van der Waals surface area contributed by atoms with Gasteiger partial charge in [-0.05, 0) is 43.2 Å². The van der Waals surface area contributed by atoms with Gasteiger partial charge in [0.1, 0.15) is 5.82 Å². The van der Waals surface area contributed by atoms with Gasteiger partial charge in [0.25, 0.3) is 0 Å². The zero-order valence-electron chi connectivity index (χ0n) is 10.9. The van der Waals surface area contributed by atoms with E-state index in [1.54, 1.807) is 6.07 Å². The Morgan fingerprint density at radius 1 is 1.33 bits per heavy atom. The third-order valence-corrected chi connectivity index (χ3v) is 3.17. The highest BCUT2D eigenvalue weighted by atomic mass is 19.1. The summed E-state index contributed by atoms with van der Waals surface area (Å²) in [6.07, 6.45) is 0.654. The zero-order chi connectivity index (χ0) is 13.3. The van der Waals surface area contributed by atoms with E-state index in [1.807, 2.05) is 31.6 Å². The largest absolute Gasteiger partial charge is 0.324 e. The fraction of sp³-hybridized carbons (Fsp3) is 0.357. The SMILES string of the molecule is Cc1cc(CC(N)c2cc(F)ccc2C)n(C)n1. The van der Waals surface area contributed by atoms with Gasteiger partial charge in [0, 0.05) is 25.2 Å². The maximum atomic E-state index is 13.3. The predicted molar refractivity (Wildman–Crippen MR) is 69.7 cm³/mol. The van der Waals surface area contributed by atoms with E-state index < -0.39 is 0 Å². The molecule has 0 aliphatic carbocycles. The lowest BCUT2D eigenvalue weighted by atomic mass is 9.98. The van der Waals surface area contributed by atoms with Gasteiger partial charge in [-0.1, -0.05) is 6.07 Å². The lowest BCUT2D eigenvalue weighted by Crippen LogP contribution is -2.16. The molecule has 2 N–H and O–H groups in total. The molecule has 2 aromatic rings. The van der Waals surface area contributed by atoms with Crippen LogP contribution in [0, 0.1) is 19.7 Å². The second-order valence-electron chi connectivity index (χ2n) is 4.71. The van der Waals surface area contributed by atoms with Crippen molar-refractivity contribution in [2.75, 3.05) is 0 Å². The molecule has 96 valence electrons. The highest BCUT2D eigenvalue weighted by Crippen LogP contribution is 2.20. The van der Waals surface area contributed by atoms with Crippen LogP contribution in [0.3, 0.4) is 0 Å². The molecule has 0 saturated heterocycles. The molecular formula is C14H18FN3. The molecule has 0 radical (unpaired) electrons. The molecule has 3 nitrogen and oxygen atoms in total. The Balaban J connectivity index is 2.24. The molecule has 2 rings (SSSR count). The Bertz CT molecular complexity index is 560. The van der Waals surface area contributed by atoms with Crippen molar-refractivity contribution >= 4 is 0 Å². The molecule has 1 aromatic carbocycles. The van der Waals surface area contributed by atoms with Crippen molar-refractivity contribution in [3.8, 4) is 0 Å². The van der Waals surface area contributed by atoms with Crippen molar-refractivity contribution in [2.45, 2.75) is 26.3 Å². The summed E-state index contributed by atoms with van der Waals surface area (Å²) in [5.74, 6) is -0.243. The number of aromatic nitrogens is 2. The van der Waals surface area contributed by atoms with Gasteiger partial charge in [-0.3, -0.25) is 4.68 Å². The molecule has 0 fully saturated rings. The van der Waals surface area contributed by atoms with Gasteiger partial charge in [0.2, 0.25) is 0 Å². The molecule has 1 atom stereocenters. The van der Waals surface area contributed by atoms with Crippen LogP contribution in [0.5, 0.6) is 0 Å². The van der Waals surface area contributed by atoms with E-state index in [-0.39, 0.29) is 11.9 Å². The third kappa shape index (κ3) is 2.59. The summed E-state index contributed by atoms with van der Waals surface area (Å²) in [5, 5.41) is 4.28. The monoisotopic (exact) mass is 247 g/mol. The van der Waals surface area contributed by atoms with Crippen molar-refractivity contribution in [2.24, 2.45) is 12.8 Å². The average Bonchev–Trinajstić information content (AvgIpc) is 2.61. The number of nitrogens with two attached hydrogens (primary N) is 1. The van der Waals surface area contributed by atoms with Crippen LogP contribution < -0.4 is 5.73 Å². The molecule has 1 heterocycles. The predicted octanol–water partition coefficient (Wildman–Crippen LogP) is 2.42. The van der Waals surface area contributed by atoms with E-state index in [0.29, 0.717) is 6.42 Å². The molecule has 0 aliphatic heterocycles. The van der Waals surface area contributed by atoms with E-state index >= 15 is 0 Å². The van der Waals surface area contributed by atoms with Gasteiger partial charge >= 0.3 is 0 Å². The van der Waals surface area contributed by atoms with E-state index in [0.717, 1.165) is 22.5 Å². The highest BCUT2D eigenvalue weighted by molar-refractivity contribution is 5.30. The summed E-state index contributed by atoms with van der Waals surface area (Å²) in [4.78, 5) is 0. The first-order valence-corrected chi connectivity index (χ1v) is 5.98. The Morgan fingerprint density at radius 3 is 2.67 bits per heavy atom. The van der Waals surface area contributed by atoms with Crippen LogP contribution in [-0.4, -0.2) is 9.78 Å². The summed E-state index contributed by atoms with van der Waals surface area (Å²) in [7, 11) is 1.90. The van der Waals surface area contributed by atoms with Gasteiger partial charge in [0.05, 0.1) is 5.69 Å². The Kier molecular flexibility index (Phi) is 3.48. The Hall–Kier alpha value is -1.68. The van der Waals surface area contributed by atoms with Crippen LogP contribution >= 0.6 is 0 Å². The number of benzene rings is 1. The molecule has 1 unspecified atom stereocenters. The van der Waals surface area contributed by atoms with Gasteiger partial charge < -0.3 is 5.73 Å². The third-order valence-electron chi connectivity index (χ3n) is 3.17. The van der Waals surface area contributed by atoms with Crippen LogP contribution in [0.4, 0.5) is 4.39 Å². The van der Waals surface area contributed by atoms with Crippen LogP contribution in [0.15, 0.2) is 24.3 Å². The normalized spacial score (nSPS) is 12.7. The second kappa shape index (κ2) is 4.90. The molecule has 0 amide bonds. The first kappa shape index (κ1) is 12.8. The topological polar surface area (TPSA) is 43.8 Å². The standard InChI is InChI=1S/C14H18FN3/c1-9-4-5-11(15)7-13(9)14(16)8-12-6-10(2)17-18(12)3/h4-7,14H,8,16H2,1-3H3. The minimum Gasteiger partial charge on any atom is -0.324 e. The minimum atomic E-state index is -0.243. The lowest BCUT2D eigenvalue weighted by Gasteiger charge is -2.15. The van der Waals surface area contributed by atoms with Gasteiger partial charge in [-0.15, -0.1) is 0 Å². The number of aryl methyl sites for hydroxylation is 3.